The molecule has 0 radical (unpaired) electrons. The molecule has 1 aliphatic rings. The number of H-pyrrole nitrogens is 1. The molecule has 0 amide bonds. The molecule has 1 saturated heterocycles. The number of rotatable bonds is 2. The monoisotopic (exact) mass is 370 g/mol. The maximum atomic E-state index is 11.7. The van der Waals surface area contributed by atoms with E-state index in [1.54, 1.807) is 22.6 Å². The van der Waals surface area contributed by atoms with Gasteiger partial charge in [-0.1, -0.05) is 0 Å². The highest BCUT2D eigenvalue weighted by Crippen LogP contribution is 2.28. The third-order valence-corrected chi connectivity index (χ3v) is 3.53. The van der Waals surface area contributed by atoms with Crippen molar-refractivity contribution >= 4 is 22.6 Å². The predicted octanol–water partition coefficient (Wildman–Crippen LogP) is -2.25. The van der Waals surface area contributed by atoms with Crippen molar-refractivity contribution in [1.82, 2.24) is 9.55 Å². The normalized spacial score (nSPS) is 31.8. The van der Waals surface area contributed by atoms with Crippen LogP contribution in [0.2, 0.25) is 0 Å². The number of nitrogens with zero attached hydrogens (tertiary/aromatic N) is 1. The Morgan fingerprint density at radius 1 is 1.39 bits per heavy atom. The van der Waals surface area contributed by atoms with Crippen molar-refractivity contribution < 1.29 is 20.1 Å². The van der Waals surface area contributed by atoms with Crippen LogP contribution in [-0.4, -0.2) is 49.8 Å². The topological polar surface area (TPSA) is 125 Å². The van der Waals surface area contributed by atoms with Gasteiger partial charge in [-0.05, 0) is 22.6 Å². The highest BCUT2D eigenvalue weighted by molar-refractivity contribution is 14.1. The van der Waals surface area contributed by atoms with E-state index in [2.05, 4.69) is 0 Å². The van der Waals surface area contributed by atoms with E-state index in [1.165, 1.54) is 0 Å². The molecule has 1 aromatic heterocycles. The first-order valence-corrected chi connectivity index (χ1v) is 6.17. The second-order valence-corrected chi connectivity index (χ2v) is 4.97. The summed E-state index contributed by atoms with van der Waals surface area (Å²) in [4.78, 5) is 24.8. The van der Waals surface area contributed by atoms with Crippen molar-refractivity contribution in [2.24, 2.45) is 0 Å². The zero-order valence-corrected chi connectivity index (χ0v) is 11.1. The highest BCUT2D eigenvalue weighted by Gasteiger charge is 2.44. The second kappa shape index (κ2) is 5.09. The Morgan fingerprint density at radius 3 is 2.56 bits per heavy atom. The number of aromatic amines is 1. The van der Waals surface area contributed by atoms with Gasteiger partial charge >= 0.3 is 5.69 Å². The van der Waals surface area contributed by atoms with E-state index in [-0.39, 0.29) is 3.70 Å². The summed E-state index contributed by atoms with van der Waals surface area (Å²) >= 11 is 1.75. The fourth-order valence-corrected chi connectivity index (χ4v) is 2.58. The maximum absolute atomic E-state index is 11.7. The van der Waals surface area contributed by atoms with Gasteiger partial charge in [0.25, 0.3) is 5.56 Å². The average molecular weight is 370 g/mol. The average Bonchev–Trinajstić information content (AvgIpc) is 2.56. The number of hydrogen-bond donors (Lipinski definition) is 4. The molecule has 0 aromatic carbocycles. The standard InChI is InChI=1S/C9H11IN2O6/c10-4-1-5(14)11-9(17)12(4)8-7(16)6(15)3(2-13)18-8/h1,3,6-8,13,15-16H,2H2,(H,11,14,17)/t3-,6-,7-,8-/m1/s1. The van der Waals surface area contributed by atoms with Gasteiger partial charge in [-0.2, -0.15) is 0 Å². The lowest BCUT2D eigenvalue weighted by atomic mass is 10.1. The summed E-state index contributed by atoms with van der Waals surface area (Å²) in [5.41, 5.74) is -1.31. The van der Waals surface area contributed by atoms with Crippen molar-refractivity contribution in [2.75, 3.05) is 6.61 Å². The van der Waals surface area contributed by atoms with E-state index in [4.69, 9.17) is 9.84 Å². The molecule has 0 bridgehead atoms. The zero-order valence-electron chi connectivity index (χ0n) is 8.99. The van der Waals surface area contributed by atoms with E-state index in [0.29, 0.717) is 0 Å². The lowest BCUT2D eigenvalue weighted by Gasteiger charge is -2.18. The van der Waals surface area contributed by atoms with Crippen LogP contribution in [0.1, 0.15) is 6.23 Å². The quantitative estimate of drug-likeness (QED) is 0.345. The number of nitrogens with one attached hydrogen (secondary N) is 1. The van der Waals surface area contributed by atoms with Crippen LogP contribution in [-0.2, 0) is 4.74 Å². The summed E-state index contributed by atoms with van der Waals surface area (Å²) in [5, 5.41) is 28.3. The van der Waals surface area contributed by atoms with Crippen LogP contribution in [0.4, 0.5) is 0 Å². The first-order valence-electron chi connectivity index (χ1n) is 5.09. The Labute approximate surface area is 114 Å². The second-order valence-electron chi connectivity index (χ2n) is 3.86. The SMILES string of the molecule is O=c1cc(I)n([C@@H]2O[C@H](CO)[C@@H](O)[C@H]2O)c(=O)[nH]1. The van der Waals surface area contributed by atoms with Crippen molar-refractivity contribution in [2.45, 2.75) is 24.5 Å². The predicted molar refractivity (Wildman–Crippen MR) is 67.0 cm³/mol. The minimum atomic E-state index is -1.36. The number of halogens is 1. The molecule has 0 spiro atoms. The molecule has 4 N–H and O–H groups in total. The molecule has 18 heavy (non-hydrogen) atoms. The fourth-order valence-electron chi connectivity index (χ4n) is 1.81. The number of ether oxygens (including phenoxy) is 1. The first kappa shape index (κ1) is 13.7. The third kappa shape index (κ3) is 2.23. The lowest BCUT2D eigenvalue weighted by molar-refractivity contribution is -0.0562. The summed E-state index contributed by atoms with van der Waals surface area (Å²) in [7, 11) is 0. The molecule has 4 atom stereocenters. The van der Waals surface area contributed by atoms with Gasteiger partial charge in [0.15, 0.2) is 6.23 Å². The van der Waals surface area contributed by atoms with Crippen LogP contribution < -0.4 is 11.2 Å². The van der Waals surface area contributed by atoms with Crippen LogP contribution in [0.5, 0.6) is 0 Å². The Bertz CT molecular complexity index is 555. The molecular formula is C9H11IN2O6. The number of aromatic nitrogens is 2. The first-order chi connectivity index (χ1) is 8.45. The van der Waals surface area contributed by atoms with E-state index in [1.807, 2.05) is 4.98 Å². The van der Waals surface area contributed by atoms with Crippen LogP contribution >= 0.6 is 22.6 Å². The van der Waals surface area contributed by atoms with Crippen LogP contribution in [0.25, 0.3) is 0 Å². The van der Waals surface area contributed by atoms with Gasteiger partial charge in [0, 0.05) is 6.07 Å². The van der Waals surface area contributed by atoms with Crippen molar-refractivity contribution in [3.8, 4) is 0 Å². The summed E-state index contributed by atoms with van der Waals surface area (Å²) in [6.45, 7) is -0.483. The van der Waals surface area contributed by atoms with Gasteiger partial charge in [0.1, 0.15) is 18.3 Å². The largest absolute Gasteiger partial charge is 0.394 e. The molecule has 1 aromatic rings. The summed E-state index contributed by atoms with van der Waals surface area (Å²) in [6.07, 6.45) is -4.78. The number of aliphatic hydroxyl groups is 3. The Balaban J connectivity index is 2.45. The number of hydrogen-bond acceptors (Lipinski definition) is 6. The van der Waals surface area contributed by atoms with Gasteiger partial charge in [0.05, 0.1) is 10.3 Å². The van der Waals surface area contributed by atoms with Gasteiger partial charge < -0.3 is 20.1 Å². The van der Waals surface area contributed by atoms with E-state index < -0.39 is 42.4 Å². The zero-order chi connectivity index (χ0) is 13.4. The minimum absolute atomic E-state index is 0.260. The lowest BCUT2D eigenvalue weighted by Crippen LogP contribution is -2.39. The Morgan fingerprint density at radius 2 is 2.06 bits per heavy atom. The summed E-state index contributed by atoms with van der Waals surface area (Å²) in [5.74, 6) is 0. The molecule has 2 rings (SSSR count). The molecule has 0 saturated carbocycles. The molecule has 1 fully saturated rings. The highest BCUT2D eigenvalue weighted by atomic mass is 127. The van der Waals surface area contributed by atoms with E-state index in [9.17, 15) is 19.8 Å². The molecule has 2 heterocycles. The molecule has 8 nitrogen and oxygen atoms in total. The minimum Gasteiger partial charge on any atom is -0.394 e. The van der Waals surface area contributed by atoms with Crippen molar-refractivity contribution in [3.63, 3.8) is 0 Å². The van der Waals surface area contributed by atoms with Gasteiger partial charge in [-0.25, -0.2) is 4.79 Å². The fraction of sp³-hybridized carbons (Fsp3) is 0.556. The Kier molecular flexibility index (Phi) is 3.87. The van der Waals surface area contributed by atoms with Crippen LogP contribution in [0, 0.1) is 3.70 Å². The maximum Gasteiger partial charge on any atom is 0.331 e. The number of aliphatic hydroxyl groups excluding tert-OH is 3. The van der Waals surface area contributed by atoms with Crippen LogP contribution in [0.15, 0.2) is 15.7 Å². The molecule has 100 valence electrons. The Hall–Kier alpha value is -0.750. The molecule has 0 unspecified atom stereocenters. The van der Waals surface area contributed by atoms with Crippen LogP contribution in [0.3, 0.4) is 0 Å². The summed E-state index contributed by atoms with van der Waals surface area (Å²) in [6, 6.07) is 1.16. The van der Waals surface area contributed by atoms with Crippen molar-refractivity contribution in [3.05, 3.63) is 30.6 Å². The van der Waals surface area contributed by atoms with Gasteiger partial charge in [-0.15, -0.1) is 0 Å². The third-order valence-electron chi connectivity index (χ3n) is 2.70. The van der Waals surface area contributed by atoms with Crippen molar-refractivity contribution in [1.29, 1.82) is 0 Å². The van der Waals surface area contributed by atoms with Gasteiger partial charge in [0.2, 0.25) is 0 Å². The summed E-state index contributed by atoms with van der Waals surface area (Å²) < 4.78 is 6.49. The van der Waals surface area contributed by atoms with E-state index in [0.717, 1.165) is 10.6 Å². The molecule has 9 heteroatoms. The molecular weight excluding hydrogens is 359 g/mol. The van der Waals surface area contributed by atoms with E-state index >= 15 is 0 Å². The molecule has 0 aliphatic carbocycles. The van der Waals surface area contributed by atoms with Gasteiger partial charge in [-0.3, -0.25) is 14.3 Å². The molecule has 1 aliphatic heterocycles. The smallest absolute Gasteiger partial charge is 0.331 e.